The first-order chi connectivity index (χ1) is 1.91. The number of allylic oxidation sites excluding steroid dienone is 1. The van der Waals surface area contributed by atoms with Crippen molar-refractivity contribution in [3.8, 4) is 0 Å². The number of hydrogen-bond acceptors (Lipinski definition) is 0. The van der Waals surface area contributed by atoms with E-state index in [1.54, 1.807) is 0 Å². The minimum atomic E-state index is 0. The van der Waals surface area contributed by atoms with E-state index in [4.69, 9.17) is 0 Å². The Bertz CT molecular complexity index is 20.9. The van der Waals surface area contributed by atoms with Gasteiger partial charge in [-0.25, -0.2) is 0 Å². The summed E-state index contributed by atoms with van der Waals surface area (Å²) in [5.41, 5.74) is 0. The molecule has 0 aromatic heterocycles. The molecule has 0 saturated heterocycles. The van der Waals surface area contributed by atoms with Gasteiger partial charge in [-0.2, -0.15) is 9.90 Å². The van der Waals surface area contributed by atoms with Gasteiger partial charge < -0.3 is 0 Å². The summed E-state index contributed by atoms with van der Waals surface area (Å²) in [6.45, 7) is 3.47. The van der Waals surface area contributed by atoms with Gasteiger partial charge >= 0.3 is 0 Å². The molecule has 0 radical (unpaired) electrons. The lowest BCUT2D eigenvalue weighted by molar-refractivity contribution is 1.90. The van der Waals surface area contributed by atoms with Crippen LogP contribution in [0.5, 0.6) is 0 Å². The quantitative estimate of drug-likeness (QED) is 0.262. The molecule has 0 saturated carbocycles. The van der Waals surface area contributed by atoms with Crippen LogP contribution in [0.15, 0.2) is 12.7 Å². The maximum Gasteiger partial charge on any atom is 0.0173 e. The third kappa shape index (κ3) is 11.4. The molecule has 1 atom stereocenters. The molecule has 32 valence electrons. The van der Waals surface area contributed by atoms with Crippen molar-refractivity contribution < 1.29 is 0 Å². The average Bonchev–Trinajstić information content (AvgIpc) is 1.37. The fraction of sp³-hybridized carbons (Fsp3) is 0.333. The highest BCUT2D eigenvalue weighted by molar-refractivity contribution is 14.1. The first kappa shape index (κ1) is 9.31. The summed E-state index contributed by atoms with van der Waals surface area (Å²) >= 11 is 2.23. The third-order valence-corrected chi connectivity index (χ3v) is 0.732. The highest BCUT2D eigenvalue weighted by Crippen LogP contribution is 1.75. The van der Waals surface area contributed by atoms with Crippen molar-refractivity contribution >= 4 is 32.5 Å². The Balaban J connectivity index is 0. The molecule has 0 spiro atoms. The topological polar surface area (TPSA) is 0 Å². The highest BCUT2D eigenvalue weighted by Gasteiger charge is 1.47. The van der Waals surface area contributed by atoms with Crippen molar-refractivity contribution in [1.29, 1.82) is 0 Å². The van der Waals surface area contributed by atoms with Crippen LogP contribution in [0.3, 0.4) is 0 Å². The van der Waals surface area contributed by atoms with Gasteiger partial charge in [-0.15, -0.1) is 6.58 Å². The summed E-state index contributed by atoms with van der Waals surface area (Å²) in [5, 5.41) is 0. The molecule has 0 N–H and O–H groups in total. The van der Waals surface area contributed by atoms with Crippen LogP contribution >= 0.6 is 32.5 Å². The molecule has 1 unspecified atom stereocenters. The van der Waals surface area contributed by atoms with Gasteiger partial charge in [-0.05, 0) is 0 Å². The molecule has 0 aliphatic carbocycles. The van der Waals surface area contributed by atoms with E-state index in [1.165, 1.54) is 0 Å². The van der Waals surface area contributed by atoms with Crippen LogP contribution in [-0.2, 0) is 0 Å². The predicted octanol–water partition coefficient (Wildman–Crippen LogP) is 1.67. The van der Waals surface area contributed by atoms with Gasteiger partial charge in [0.15, 0.2) is 0 Å². The van der Waals surface area contributed by atoms with Crippen molar-refractivity contribution in [3.63, 3.8) is 0 Å². The second-order valence-corrected chi connectivity index (χ2v) is 1.32. The lowest BCUT2D eigenvalue weighted by atomic mass is 10.8. The van der Waals surface area contributed by atoms with Crippen molar-refractivity contribution in [1.82, 2.24) is 0 Å². The Morgan fingerprint density at radius 3 is 2.00 bits per heavy atom. The summed E-state index contributed by atoms with van der Waals surface area (Å²) in [7, 11) is 0. The van der Waals surface area contributed by atoms with E-state index in [1.807, 2.05) is 6.08 Å². The second kappa shape index (κ2) is 8.86. The molecule has 2 heteroatoms. The van der Waals surface area contributed by atoms with Gasteiger partial charge in [-0.1, -0.05) is 28.7 Å². The molecule has 0 aromatic rings. The summed E-state index contributed by atoms with van der Waals surface area (Å²) in [6.07, 6.45) is 1.86. The van der Waals surface area contributed by atoms with Crippen molar-refractivity contribution in [2.75, 3.05) is 4.43 Å². The number of hydrogen-bond donors (Lipinski definition) is 0. The molecule has 0 nitrogen and oxygen atoms in total. The summed E-state index contributed by atoms with van der Waals surface area (Å²) < 4.78 is 1.05. The lowest BCUT2D eigenvalue weighted by Gasteiger charge is -1.55. The van der Waals surface area contributed by atoms with Crippen molar-refractivity contribution in [2.24, 2.45) is 0 Å². The first-order valence-electron chi connectivity index (χ1n) is 1.08. The zero-order valence-corrected chi connectivity index (χ0v) is 6.65. The van der Waals surface area contributed by atoms with Crippen LogP contribution in [0, 0.1) is 0 Å². The van der Waals surface area contributed by atoms with Crippen LogP contribution < -0.4 is 0 Å². The Hall–Kier alpha value is 0.900. The molecule has 0 aliphatic heterocycles. The SMILES string of the molecule is C=CCI.P. The van der Waals surface area contributed by atoms with Crippen LogP contribution in [0.25, 0.3) is 0 Å². The number of halogens is 1. The van der Waals surface area contributed by atoms with Crippen LogP contribution in [0.1, 0.15) is 0 Å². The maximum absolute atomic E-state index is 3.47. The zero-order valence-electron chi connectivity index (χ0n) is 3.08. The average molecular weight is 202 g/mol. The molecule has 0 fully saturated rings. The second-order valence-electron chi connectivity index (χ2n) is 0.443. The molecule has 0 heterocycles. The van der Waals surface area contributed by atoms with E-state index < -0.39 is 0 Å². The van der Waals surface area contributed by atoms with Gasteiger partial charge in [0.25, 0.3) is 0 Å². The number of rotatable bonds is 1. The molecule has 0 amide bonds. The van der Waals surface area contributed by atoms with E-state index in [2.05, 4.69) is 29.2 Å². The molecule has 0 aliphatic rings. The third-order valence-electron chi connectivity index (χ3n) is 0.109. The Morgan fingerprint density at radius 2 is 2.00 bits per heavy atom. The standard InChI is InChI=1S/C3H5I.H3P/c1-2-3-4;/h2H,1,3H2;1H3. The monoisotopic (exact) mass is 202 g/mol. The van der Waals surface area contributed by atoms with Gasteiger partial charge in [0.05, 0.1) is 0 Å². The molecular formula is C3H8IP. The summed E-state index contributed by atoms with van der Waals surface area (Å²) in [5.74, 6) is 0. The minimum absolute atomic E-state index is 0. The molecular weight excluding hydrogens is 194 g/mol. The van der Waals surface area contributed by atoms with Gasteiger partial charge in [-0.3, -0.25) is 0 Å². The van der Waals surface area contributed by atoms with Crippen LogP contribution in [0.2, 0.25) is 0 Å². The largest absolute Gasteiger partial charge is 0.153 e. The van der Waals surface area contributed by atoms with Crippen molar-refractivity contribution in [3.05, 3.63) is 12.7 Å². The smallest absolute Gasteiger partial charge is 0.0173 e. The normalized spacial score (nSPS) is 5.00. The van der Waals surface area contributed by atoms with Crippen LogP contribution in [0.4, 0.5) is 0 Å². The van der Waals surface area contributed by atoms with E-state index in [-0.39, 0.29) is 9.90 Å². The van der Waals surface area contributed by atoms with E-state index in [0.717, 1.165) is 4.43 Å². The molecule has 0 rings (SSSR count). The van der Waals surface area contributed by atoms with E-state index in [9.17, 15) is 0 Å². The predicted molar refractivity (Wildman–Crippen MR) is 40.2 cm³/mol. The van der Waals surface area contributed by atoms with Gasteiger partial charge in [0.1, 0.15) is 0 Å². The van der Waals surface area contributed by atoms with E-state index >= 15 is 0 Å². The fourth-order valence-corrected chi connectivity index (χ4v) is 0. The Labute approximate surface area is 49.8 Å². The molecule has 0 bridgehead atoms. The maximum atomic E-state index is 3.47. The van der Waals surface area contributed by atoms with Gasteiger partial charge in [0, 0.05) is 4.43 Å². The Kier molecular flexibility index (Phi) is 16.5. The van der Waals surface area contributed by atoms with Crippen molar-refractivity contribution in [2.45, 2.75) is 0 Å². The minimum Gasteiger partial charge on any atom is -0.153 e. The van der Waals surface area contributed by atoms with E-state index in [0.29, 0.717) is 0 Å². The number of alkyl halides is 1. The Morgan fingerprint density at radius 1 is 1.80 bits per heavy atom. The van der Waals surface area contributed by atoms with Gasteiger partial charge in [0.2, 0.25) is 0 Å². The highest BCUT2D eigenvalue weighted by atomic mass is 127. The lowest BCUT2D eigenvalue weighted by Crippen LogP contribution is -1.43. The zero-order chi connectivity index (χ0) is 3.41. The fourth-order valence-electron chi connectivity index (χ4n) is 0. The summed E-state index contributed by atoms with van der Waals surface area (Å²) in [6, 6.07) is 0. The van der Waals surface area contributed by atoms with Crippen LogP contribution in [-0.4, -0.2) is 4.43 Å². The summed E-state index contributed by atoms with van der Waals surface area (Å²) in [4.78, 5) is 0. The first-order valence-corrected chi connectivity index (χ1v) is 2.61. The molecule has 0 aromatic carbocycles. The molecule has 5 heavy (non-hydrogen) atoms.